The Labute approximate surface area is 85.1 Å². The Morgan fingerprint density at radius 2 is 2.53 bits per heavy atom. The first kappa shape index (κ1) is 10.9. The van der Waals surface area contributed by atoms with E-state index in [1.54, 1.807) is 6.92 Å². The van der Waals surface area contributed by atoms with Crippen molar-refractivity contribution >= 4 is 11.8 Å². The van der Waals surface area contributed by atoms with Crippen molar-refractivity contribution in [2.45, 2.75) is 13.7 Å². The zero-order valence-electron chi connectivity index (χ0n) is 8.04. The minimum absolute atomic E-state index is 0.218. The van der Waals surface area contributed by atoms with Crippen LogP contribution in [0.1, 0.15) is 5.82 Å². The van der Waals surface area contributed by atoms with Crippen LogP contribution in [0.4, 0.5) is 5.82 Å². The van der Waals surface area contributed by atoms with Crippen LogP contribution in [-0.4, -0.2) is 20.4 Å². The number of ether oxygens (including phenoxy) is 1. The molecule has 7 nitrogen and oxygen atoms in total. The lowest BCUT2D eigenvalue weighted by molar-refractivity contribution is -0.393. The lowest BCUT2D eigenvalue weighted by Gasteiger charge is -2.02. The van der Waals surface area contributed by atoms with Crippen LogP contribution in [0, 0.1) is 17.0 Å². The maximum atomic E-state index is 10.8. The minimum Gasteiger partial charge on any atom is -0.421 e. The number of carbonyl (C=O) groups is 1. The summed E-state index contributed by atoms with van der Waals surface area (Å²) in [5, 5.41) is 10.5. The summed E-state index contributed by atoms with van der Waals surface area (Å²) in [6, 6.07) is 0. The predicted molar refractivity (Wildman–Crippen MR) is 49.9 cm³/mol. The van der Waals surface area contributed by atoms with Gasteiger partial charge in [-0.3, -0.25) is 0 Å². The number of carbonyl (C=O) groups excluding carboxylic acids is 1. The van der Waals surface area contributed by atoms with Gasteiger partial charge in [-0.05, 0) is 4.92 Å². The average Bonchev–Trinajstić information content (AvgIpc) is 2.56. The Bertz CT molecular complexity index is 410. The van der Waals surface area contributed by atoms with Gasteiger partial charge in [-0.15, -0.1) is 0 Å². The average molecular weight is 211 g/mol. The van der Waals surface area contributed by atoms with E-state index in [4.69, 9.17) is 0 Å². The second kappa shape index (κ2) is 4.36. The number of imidazole rings is 1. The number of hydrogen-bond acceptors (Lipinski definition) is 5. The van der Waals surface area contributed by atoms with E-state index in [1.165, 1.54) is 4.57 Å². The highest BCUT2D eigenvalue weighted by Gasteiger charge is 2.17. The van der Waals surface area contributed by atoms with Gasteiger partial charge in [0.25, 0.3) is 0 Å². The third-order valence-electron chi connectivity index (χ3n) is 1.72. The van der Waals surface area contributed by atoms with Crippen molar-refractivity contribution in [2.24, 2.45) is 0 Å². The fourth-order valence-corrected chi connectivity index (χ4v) is 0.949. The molecule has 1 aromatic rings. The molecule has 0 saturated heterocycles. The molecule has 0 aliphatic carbocycles. The van der Waals surface area contributed by atoms with E-state index in [1.807, 2.05) is 0 Å². The van der Waals surface area contributed by atoms with Crippen LogP contribution >= 0.6 is 0 Å². The van der Waals surface area contributed by atoms with Crippen molar-refractivity contribution in [3.8, 4) is 0 Å². The summed E-state index contributed by atoms with van der Waals surface area (Å²) < 4.78 is 5.85. The van der Waals surface area contributed by atoms with Crippen LogP contribution < -0.4 is 0 Å². The quantitative estimate of drug-likeness (QED) is 0.318. The van der Waals surface area contributed by atoms with Crippen molar-refractivity contribution in [2.75, 3.05) is 0 Å². The van der Waals surface area contributed by atoms with Crippen LogP contribution in [0.2, 0.25) is 0 Å². The smallest absolute Gasteiger partial charge is 0.345 e. The molecule has 80 valence electrons. The van der Waals surface area contributed by atoms with Gasteiger partial charge in [-0.2, -0.15) is 4.57 Å². The number of rotatable bonds is 4. The summed E-state index contributed by atoms with van der Waals surface area (Å²) >= 11 is 0. The summed E-state index contributed by atoms with van der Waals surface area (Å²) in [5.74, 6) is -0.458. The zero-order valence-corrected chi connectivity index (χ0v) is 8.04. The van der Waals surface area contributed by atoms with E-state index in [-0.39, 0.29) is 12.5 Å². The Morgan fingerprint density at radius 3 is 3.07 bits per heavy atom. The Balaban J connectivity index is 2.83. The molecule has 0 atom stereocenters. The van der Waals surface area contributed by atoms with Gasteiger partial charge < -0.3 is 14.9 Å². The molecule has 0 aliphatic heterocycles. The van der Waals surface area contributed by atoms with Crippen molar-refractivity contribution in [3.63, 3.8) is 0 Å². The largest absolute Gasteiger partial charge is 0.421 e. The van der Waals surface area contributed by atoms with Gasteiger partial charge in [0.05, 0.1) is 0 Å². The molecule has 0 aliphatic rings. The van der Waals surface area contributed by atoms with Crippen LogP contribution in [0.5, 0.6) is 0 Å². The van der Waals surface area contributed by atoms with Gasteiger partial charge in [0.2, 0.25) is 6.73 Å². The summed E-state index contributed by atoms with van der Waals surface area (Å²) in [6.07, 6.45) is 2.09. The van der Waals surface area contributed by atoms with E-state index in [0.717, 1.165) is 12.3 Å². The first-order valence-electron chi connectivity index (χ1n) is 4.02. The number of aryl methyl sites for hydroxylation is 1. The lowest BCUT2D eigenvalue weighted by Crippen LogP contribution is -2.10. The standard InChI is InChI=1S/C8H9N3O4/c1-3-8(12)15-5-10-6(2)9-4-7(10)11(13)14/h3-4H,1,5H2,2H3. The normalized spacial score (nSPS) is 9.67. The fourth-order valence-electron chi connectivity index (χ4n) is 0.949. The number of nitrogens with zero attached hydrogens (tertiary/aromatic N) is 3. The molecule has 0 N–H and O–H groups in total. The van der Waals surface area contributed by atoms with Crippen LogP contribution in [0.25, 0.3) is 0 Å². The SMILES string of the molecule is C=CC(=O)OCn1c([N+](=O)[O-])cnc1C. The second-order valence-electron chi connectivity index (χ2n) is 2.65. The Kier molecular flexibility index (Phi) is 3.17. The molecule has 0 unspecified atom stereocenters. The number of esters is 1. The van der Waals surface area contributed by atoms with Crippen molar-refractivity contribution in [1.29, 1.82) is 0 Å². The van der Waals surface area contributed by atoms with E-state index in [9.17, 15) is 14.9 Å². The van der Waals surface area contributed by atoms with Crippen molar-refractivity contribution in [3.05, 3.63) is 34.8 Å². The molecule has 1 aromatic heterocycles. The van der Waals surface area contributed by atoms with Gasteiger partial charge in [0.1, 0.15) is 6.20 Å². The molecule has 0 radical (unpaired) electrons. The summed E-state index contributed by atoms with van der Waals surface area (Å²) in [5.41, 5.74) is 0. The molecule has 0 aromatic carbocycles. The fraction of sp³-hybridized carbons (Fsp3) is 0.250. The Morgan fingerprint density at radius 1 is 1.87 bits per heavy atom. The van der Waals surface area contributed by atoms with Gasteiger partial charge in [0.15, 0.2) is 5.82 Å². The molecular weight excluding hydrogens is 202 g/mol. The molecule has 0 fully saturated rings. The molecule has 0 bridgehead atoms. The number of aromatic nitrogens is 2. The molecule has 15 heavy (non-hydrogen) atoms. The highest BCUT2D eigenvalue weighted by molar-refractivity contribution is 5.81. The molecule has 7 heteroatoms. The second-order valence-corrected chi connectivity index (χ2v) is 2.65. The first-order chi connectivity index (χ1) is 7.06. The van der Waals surface area contributed by atoms with Crippen LogP contribution in [-0.2, 0) is 16.3 Å². The highest BCUT2D eigenvalue weighted by Crippen LogP contribution is 2.13. The van der Waals surface area contributed by atoms with Gasteiger partial charge in [0, 0.05) is 13.0 Å². The summed E-state index contributed by atoms with van der Waals surface area (Å²) in [7, 11) is 0. The third kappa shape index (κ3) is 2.39. The highest BCUT2D eigenvalue weighted by atomic mass is 16.6. The van der Waals surface area contributed by atoms with Crippen molar-refractivity contribution < 1.29 is 14.5 Å². The third-order valence-corrected chi connectivity index (χ3v) is 1.72. The van der Waals surface area contributed by atoms with Gasteiger partial charge in [-0.1, -0.05) is 6.58 Å². The molecule has 0 amide bonds. The van der Waals surface area contributed by atoms with E-state index in [0.29, 0.717) is 5.82 Å². The predicted octanol–water partition coefficient (Wildman–Crippen LogP) is 0.786. The van der Waals surface area contributed by atoms with Gasteiger partial charge in [-0.25, -0.2) is 9.78 Å². The summed E-state index contributed by atoms with van der Waals surface area (Å²) in [6.45, 7) is 4.54. The number of hydrogen-bond donors (Lipinski definition) is 0. The van der Waals surface area contributed by atoms with E-state index in [2.05, 4.69) is 16.3 Å². The topological polar surface area (TPSA) is 87.3 Å². The van der Waals surface area contributed by atoms with Crippen LogP contribution in [0.15, 0.2) is 18.9 Å². The minimum atomic E-state index is -0.641. The molecular formula is C8H9N3O4. The molecule has 0 spiro atoms. The monoisotopic (exact) mass is 211 g/mol. The summed E-state index contributed by atoms with van der Waals surface area (Å²) in [4.78, 5) is 24.4. The maximum absolute atomic E-state index is 10.8. The number of nitro groups is 1. The first-order valence-corrected chi connectivity index (χ1v) is 4.02. The maximum Gasteiger partial charge on any atom is 0.345 e. The molecule has 1 rings (SSSR count). The molecule has 1 heterocycles. The van der Waals surface area contributed by atoms with E-state index >= 15 is 0 Å². The Hall–Kier alpha value is -2.18. The van der Waals surface area contributed by atoms with Gasteiger partial charge >= 0.3 is 11.8 Å². The lowest BCUT2D eigenvalue weighted by atomic mass is 10.6. The van der Waals surface area contributed by atoms with E-state index < -0.39 is 10.9 Å². The van der Waals surface area contributed by atoms with Crippen molar-refractivity contribution in [1.82, 2.24) is 9.55 Å². The molecule has 0 saturated carbocycles. The zero-order chi connectivity index (χ0) is 11.4. The van der Waals surface area contributed by atoms with Crippen LogP contribution in [0.3, 0.4) is 0 Å².